The van der Waals surface area contributed by atoms with E-state index in [1.54, 1.807) is 12.1 Å². The van der Waals surface area contributed by atoms with Crippen molar-refractivity contribution in [3.63, 3.8) is 0 Å². The van der Waals surface area contributed by atoms with Gasteiger partial charge >= 0.3 is 5.97 Å². The average molecular weight is 495 g/mol. The lowest BCUT2D eigenvalue weighted by molar-refractivity contribution is -0.213. The van der Waals surface area contributed by atoms with Crippen molar-refractivity contribution >= 4 is 5.97 Å². The molecule has 2 heterocycles. The van der Waals surface area contributed by atoms with Crippen molar-refractivity contribution in [2.45, 2.75) is 82.5 Å². The van der Waals surface area contributed by atoms with Gasteiger partial charge in [-0.15, -0.1) is 0 Å². The molecule has 5 aliphatic rings. The highest BCUT2D eigenvalue weighted by atomic mass is 16.7. The SMILES string of the molecule is C[C@]12C[C@H](c3ccc(C(=O)O)cc3)C3=C4CCOC=C4CCC3C1CC[C@@]2(O)COC1CCCCO1. The Balaban J connectivity index is 1.37. The Morgan fingerprint density at radius 2 is 1.94 bits per heavy atom. The molecule has 1 saturated heterocycles. The number of ether oxygens (including phenoxy) is 3. The van der Waals surface area contributed by atoms with Crippen LogP contribution in [0.15, 0.2) is 47.2 Å². The predicted octanol–water partition coefficient (Wildman–Crippen LogP) is 5.57. The number of carboxylic acids is 1. The molecule has 36 heavy (non-hydrogen) atoms. The molecule has 6 nitrogen and oxygen atoms in total. The summed E-state index contributed by atoms with van der Waals surface area (Å²) in [4.78, 5) is 11.5. The Kier molecular flexibility index (Phi) is 6.25. The number of allylic oxidation sites excluding steroid dienone is 2. The highest BCUT2D eigenvalue weighted by Crippen LogP contribution is 2.66. The Labute approximate surface area is 213 Å². The lowest BCUT2D eigenvalue weighted by atomic mass is 9.51. The third-order valence-corrected chi connectivity index (χ3v) is 10.0. The summed E-state index contributed by atoms with van der Waals surface area (Å²) in [7, 11) is 0. The summed E-state index contributed by atoms with van der Waals surface area (Å²) >= 11 is 0. The molecule has 3 aliphatic carbocycles. The molecule has 1 aromatic carbocycles. The van der Waals surface area contributed by atoms with E-state index in [9.17, 15) is 15.0 Å². The quantitative estimate of drug-likeness (QED) is 0.556. The van der Waals surface area contributed by atoms with Gasteiger partial charge in [0.15, 0.2) is 6.29 Å². The van der Waals surface area contributed by atoms with E-state index < -0.39 is 11.6 Å². The van der Waals surface area contributed by atoms with Crippen molar-refractivity contribution in [1.29, 1.82) is 0 Å². The Bertz CT molecular complexity index is 1070. The van der Waals surface area contributed by atoms with Gasteiger partial charge in [-0.25, -0.2) is 4.79 Å². The first kappa shape index (κ1) is 24.2. The molecular formula is C30H38O6. The molecule has 1 aromatic rings. The van der Waals surface area contributed by atoms with E-state index in [0.29, 0.717) is 30.6 Å². The lowest BCUT2D eigenvalue weighted by Crippen LogP contribution is -2.54. The number of hydrogen-bond donors (Lipinski definition) is 2. The van der Waals surface area contributed by atoms with Crippen LogP contribution in [0.5, 0.6) is 0 Å². The highest BCUT2D eigenvalue weighted by molar-refractivity contribution is 5.87. The van der Waals surface area contributed by atoms with E-state index in [0.717, 1.165) is 70.0 Å². The molecule has 2 N–H and O–H groups in total. The first-order valence-corrected chi connectivity index (χ1v) is 13.7. The second-order valence-electron chi connectivity index (χ2n) is 11.7. The molecule has 0 amide bonds. The molecule has 6 rings (SSSR count). The van der Waals surface area contributed by atoms with Crippen molar-refractivity contribution in [3.8, 4) is 0 Å². The predicted molar refractivity (Wildman–Crippen MR) is 134 cm³/mol. The molecule has 194 valence electrons. The fourth-order valence-corrected chi connectivity index (χ4v) is 8.00. The van der Waals surface area contributed by atoms with Gasteiger partial charge in [-0.3, -0.25) is 0 Å². The second-order valence-corrected chi connectivity index (χ2v) is 11.7. The third-order valence-electron chi connectivity index (χ3n) is 10.0. The fourth-order valence-electron chi connectivity index (χ4n) is 8.00. The first-order chi connectivity index (χ1) is 17.4. The number of carboxylic acid groups (broad SMARTS) is 1. The maximum Gasteiger partial charge on any atom is 0.335 e. The van der Waals surface area contributed by atoms with Gasteiger partial charge in [0.05, 0.1) is 30.6 Å². The van der Waals surface area contributed by atoms with E-state index in [2.05, 4.69) is 6.92 Å². The lowest BCUT2D eigenvalue weighted by Gasteiger charge is -2.54. The molecule has 2 aliphatic heterocycles. The number of hydrogen-bond acceptors (Lipinski definition) is 5. The van der Waals surface area contributed by atoms with E-state index in [1.807, 2.05) is 18.4 Å². The molecule has 0 bridgehead atoms. The Morgan fingerprint density at radius 1 is 1.11 bits per heavy atom. The van der Waals surface area contributed by atoms with Crippen molar-refractivity contribution in [3.05, 3.63) is 58.4 Å². The first-order valence-electron chi connectivity index (χ1n) is 13.7. The van der Waals surface area contributed by atoms with Crippen LogP contribution in [0, 0.1) is 17.3 Å². The monoisotopic (exact) mass is 494 g/mol. The maximum absolute atomic E-state index is 12.2. The zero-order valence-electron chi connectivity index (χ0n) is 21.2. The molecule has 2 saturated carbocycles. The van der Waals surface area contributed by atoms with Gasteiger partial charge in [0.1, 0.15) is 0 Å². The highest BCUT2D eigenvalue weighted by Gasteiger charge is 2.63. The molecule has 6 heteroatoms. The van der Waals surface area contributed by atoms with Crippen LogP contribution in [-0.4, -0.2) is 47.9 Å². The topological polar surface area (TPSA) is 85.2 Å². The summed E-state index contributed by atoms with van der Waals surface area (Å²) in [5.41, 5.74) is 4.55. The van der Waals surface area contributed by atoms with Crippen LogP contribution in [0.4, 0.5) is 0 Å². The van der Waals surface area contributed by atoms with Crippen LogP contribution in [0.3, 0.4) is 0 Å². The maximum atomic E-state index is 12.2. The number of aliphatic hydroxyl groups is 1. The number of carbonyl (C=O) groups is 1. The van der Waals surface area contributed by atoms with Crippen LogP contribution in [0.25, 0.3) is 0 Å². The number of benzene rings is 1. The standard InChI is InChI=1S/C30H38O6/c1-29-16-24(19-5-7-20(8-6-19)28(31)32)27-22-12-15-34-17-21(22)9-10-23(27)25(29)11-13-30(29,33)18-36-26-4-2-3-14-35-26/h5-8,17,23-26,33H,2-4,9-16,18H2,1H3,(H,31,32)/t23?,24-,25?,26?,29+,30-/m1/s1. The summed E-state index contributed by atoms with van der Waals surface area (Å²) < 4.78 is 17.7. The second kappa shape index (κ2) is 9.30. The minimum Gasteiger partial charge on any atom is -0.501 e. The molecule has 3 fully saturated rings. The normalized spacial score (nSPS) is 37.9. The minimum atomic E-state index is -0.906. The van der Waals surface area contributed by atoms with E-state index in [1.165, 1.54) is 16.7 Å². The Morgan fingerprint density at radius 3 is 2.69 bits per heavy atom. The number of aromatic carboxylic acids is 1. The summed E-state index contributed by atoms with van der Waals surface area (Å²) in [5.74, 6) is 0.0565. The van der Waals surface area contributed by atoms with Gasteiger partial charge in [0.25, 0.3) is 0 Å². The third kappa shape index (κ3) is 3.93. The summed E-state index contributed by atoms with van der Waals surface area (Å²) in [6, 6.07) is 7.42. The number of fused-ring (bicyclic) bond motifs is 4. The molecule has 0 spiro atoms. The van der Waals surface area contributed by atoms with Crippen LogP contribution in [0.2, 0.25) is 0 Å². The van der Waals surface area contributed by atoms with E-state index >= 15 is 0 Å². The van der Waals surface area contributed by atoms with Crippen LogP contribution in [0.1, 0.15) is 86.6 Å². The molecular weight excluding hydrogens is 456 g/mol. The van der Waals surface area contributed by atoms with E-state index in [-0.39, 0.29) is 17.6 Å². The van der Waals surface area contributed by atoms with Gasteiger partial charge in [-0.1, -0.05) is 24.6 Å². The molecule has 6 atom stereocenters. The molecule has 3 unspecified atom stereocenters. The zero-order valence-corrected chi connectivity index (χ0v) is 21.2. The van der Waals surface area contributed by atoms with Gasteiger partial charge < -0.3 is 24.4 Å². The van der Waals surface area contributed by atoms with Gasteiger partial charge in [-0.05, 0) is 92.0 Å². The smallest absolute Gasteiger partial charge is 0.335 e. The molecule has 0 aromatic heterocycles. The summed E-state index contributed by atoms with van der Waals surface area (Å²) in [5, 5.41) is 21.6. The average Bonchev–Trinajstić information content (AvgIpc) is 3.18. The van der Waals surface area contributed by atoms with Gasteiger partial charge in [0.2, 0.25) is 0 Å². The van der Waals surface area contributed by atoms with Gasteiger partial charge in [-0.2, -0.15) is 0 Å². The van der Waals surface area contributed by atoms with Crippen LogP contribution < -0.4 is 0 Å². The van der Waals surface area contributed by atoms with Crippen molar-refractivity contribution in [1.82, 2.24) is 0 Å². The van der Waals surface area contributed by atoms with E-state index in [4.69, 9.17) is 14.2 Å². The minimum absolute atomic E-state index is 0.145. The van der Waals surface area contributed by atoms with Crippen molar-refractivity contribution in [2.24, 2.45) is 17.3 Å². The van der Waals surface area contributed by atoms with Crippen LogP contribution >= 0.6 is 0 Å². The fraction of sp³-hybridized carbons (Fsp3) is 0.633. The van der Waals surface area contributed by atoms with Crippen molar-refractivity contribution in [2.75, 3.05) is 19.8 Å². The molecule has 0 radical (unpaired) electrons. The largest absolute Gasteiger partial charge is 0.501 e. The van der Waals surface area contributed by atoms with Gasteiger partial charge in [0, 0.05) is 24.4 Å². The van der Waals surface area contributed by atoms with Crippen LogP contribution in [-0.2, 0) is 14.2 Å². The Hall–Kier alpha value is -2.15. The number of rotatable bonds is 5. The summed E-state index contributed by atoms with van der Waals surface area (Å²) in [6.45, 7) is 4.04. The zero-order chi connectivity index (χ0) is 24.9. The van der Waals surface area contributed by atoms with Crippen molar-refractivity contribution < 1.29 is 29.2 Å². The summed E-state index contributed by atoms with van der Waals surface area (Å²) in [6.07, 6.45) is 10.4.